The summed E-state index contributed by atoms with van der Waals surface area (Å²) in [5, 5.41) is 2.71. The van der Waals surface area contributed by atoms with E-state index in [9.17, 15) is 9.59 Å². The minimum absolute atomic E-state index is 0.0197. The zero-order chi connectivity index (χ0) is 8.27. The van der Waals surface area contributed by atoms with Crippen molar-refractivity contribution in [3.8, 4) is 0 Å². The summed E-state index contributed by atoms with van der Waals surface area (Å²) in [6.45, 7) is 0. The molecule has 1 fully saturated rings. The lowest BCUT2D eigenvalue weighted by molar-refractivity contribution is -0.124. The van der Waals surface area contributed by atoms with Crippen LogP contribution in [0.25, 0.3) is 0 Å². The number of nitrogens with one attached hydrogen (secondary N) is 1. The van der Waals surface area contributed by atoms with Crippen LogP contribution in [0.3, 0.4) is 0 Å². The molecule has 0 aliphatic carbocycles. The maximum Gasteiger partial charge on any atom is 0.220 e. The molecule has 1 heterocycles. The van der Waals surface area contributed by atoms with Gasteiger partial charge in [0.1, 0.15) is 0 Å². The molecule has 4 nitrogen and oxygen atoms in total. The van der Waals surface area contributed by atoms with Crippen LogP contribution < -0.4 is 11.1 Å². The van der Waals surface area contributed by atoms with Crippen LogP contribution in [-0.4, -0.2) is 17.9 Å². The molecule has 1 aliphatic rings. The van der Waals surface area contributed by atoms with E-state index < -0.39 is 0 Å². The van der Waals surface area contributed by atoms with Crippen molar-refractivity contribution in [2.75, 3.05) is 0 Å². The van der Waals surface area contributed by atoms with Crippen molar-refractivity contribution in [3.63, 3.8) is 0 Å². The summed E-state index contributed by atoms with van der Waals surface area (Å²) in [5.74, 6) is -0.320. The highest BCUT2D eigenvalue weighted by Crippen LogP contribution is 2.10. The molecular formula is C7H12N2O2. The number of piperidine rings is 1. The van der Waals surface area contributed by atoms with Gasteiger partial charge in [0.2, 0.25) is 11.8 Å². The lowest BCUT2D eigenvalue weighted by Crippen LogP contribution is -2.40. The molecule has 1 atom stereocenters. The molecule has 0 bridgehead atoms. The van der Waals surface area contributed by atoms with Gasteiger partial charge in [-0.2, -0.15) is 0 Å². The first-order valence-electron chi connectivity index (χ1n) is 3.76. The van der Waals surface area contributed by atoms with Gasteiger partial charge in [-0.3, -0.25) is 9.59 Å². The Bertz CT molecular complexity index is 177. The molecule has 2 amide bonds. The third-order valence-electron chi connectivity index (χ3n) is 1.77. The van der Waals surface area contributed by atoms with Crippen molar-refractivity contribution >= 4 is 11.8 Å². The Hall–Kier alpha value is -1.06. The summed E-state index contributed by atoms with van der Waals surface area (Å²) in [6.07, 6.45) is 2.58. The fraction of sp³-hybridized carbons (Fsp3) is 0.714. The zero-order valence-corrected chi connectivity index (χ0v) is 6.30. The predicted octanol–water partition coefficient (Wildman–Crippen LogP) is -0.470. The fourth-order valence-electron chi connectivity index (χ4n) is 1.28. The van der Waals surface area contributed by atoms with Crippen molar-refractivity contribution < 1.29 is 9.59 Å². The summed E-state index contributed by atoms with van der Waals surface area (Å²) in [7, 11) is 0. The first-order chi connectivity index (χ1) is 5.18. The molecule has 0 saturated carbocycles. The first-order valence-corrected chi connectivity index (χ1v) is 3.76. The van der Waals surface area contributed by atoms with Crippen LogP contribution in [0.4, 0.5) is 0 Å². The van der Waals surface area contributed by atoms with Gasteiger partial charge in [0.05, 0.1) is 0 Å². The van der Waals surface area contributed by atoms with Crippen LogP contribution in [0, 0.1) is 0 Å². The summed E-state index contributed by atoms with van der Waals surface area (Å²) in [4.78, 5) is 21.2. The van der Waals surface area contributed by atoms with E-state index in [0.717, 1.165) is 12.8 Å². The summed E-state index contributed by atoms with van der Waals surface area (Å²) >= 11 is 0. The van der Waals surface area contributed by atoms with Crippen LogP contribution in [0.1, 0.15) is 25.7 Å². The Kier molecular flexibility index (Phi) is 2.46. The van der Waals surface area contributed by atoms with Crippen molar-refractivity contribution in [1.82, 2.24) is 5.32 Å². The Balaban J connectivity index is 2.34. The smallest absolute Gasteiger partial charge is 0.220 e. The predicted molar refractivity (Wildman–Crippen MR) is 39.6 cm³/mol. The average molecular weight is 156 g/mol. The van der Waals surface area contributed by atoms with E-state index in [1.54, 1.807) is 0 Å². The molecule has 1 saturated heterocycles. The molecule has 1 unspecified atom stereocenters. The van der Waals surface area contributed by atoms with Gasteiger partial charge in [0.15, 0.2) is 0 Å². The maximum absolute atomic E-state index is 10.8. The number of hydrogen-bond donors (Lipinski definition) is 2. The molecule has 0 aromatic carbocycles. The van der Waals surface area contributed by atoms with Gasteiger partial charge in [-0.15, -0.1) is 0 Å². The monoisotopic (exact) mass is 156 g/mol. The minimum atomic E-state index is -0.350. The van der Waals surface area contributed by atoms with Crippen LogP contribution in [0.15, 0.2) is 0 Å². The second kappa shape index (κ2) is 3.37. The minimum Gasteiger partial charge on any atom is -0.370 e. The number of hydrogen-bond acceptors (Lipinski definition) is 2. The standard InChI is InChI=1S/C7H12N2O2/c8-6(10)4-5-2-1-3-7(11)9-5/h5H,1-4H2,(H2,8,10)(H,9,11). The topological polar surface area (TPSA) is 72.2 Å². The van der Waals surface area contributed by atoms with Crippen molar-refractivity contribution in [3.05, 3.63) is 0 Å². The lowest BCUT2D eigenvalue weighted by Gasteiger charge is -2.21. The highest BCUT2D eigenvalue weighted by atomic mass is 16.2. The molecular weight excluding hydrogens is 144 g/mol. The van der Waals surface area contributed by atoms with Gasteiger partial charge in [-0.05, 0) is 12.8 Å². The Morgan fingerprint density at radius 3 is 3.00 bits per heavy atom. The van der Waals surface area contributed by atoms with Crippen molar-refractivity contribution in [1.29, 1.82) is 0 Å². The first kappa shape index (κ1) is 8.04. The number of amides is 2. The van der Waals surface area contributed by atoms with Crippen molar-refractivity contribution in [2.24, 2.45) is 5.73 Å². The second-order valence-corrected chi connectivity index (χ2v) is 2.83. The summed E-state index contributed by atoms with van der Waals surface area (Å²) in [5.41, 5.74) is 4.98. The van der Waals surface area contributed by atoms with Crippen molar-refractivity contribution in [2.45, 2.75) is 31.7 Å². The highest BCUT2D eigenvalue weighted by molar-refractivity contribution is 5.79. The number of nitrogens with two attached hydrogens (primary N) is 1. The molecule has 0 radical (unpaired) electrons. The van der Waals surface area contributed by atoms with Gasteiger partial charge in [-0.1, -0.05) is 0 Å². The number of primary amides is 1. The van der Waals surface area contributed by atoms with Crippen LogP contribution >= 0.6 is 0 Å². The lowest BCUT2D eigenvalue weighted by atomic mass is 10.0. The molecule has 4 heteroatoms. The van der Waals surface area contributed by atoms with Crippen LogP contribution in [-0.2, 0) is 9.59 Å². The summed E-state index contributed by atoms with van der Waals surface area (Å²) in [6, 6.07) is -0.0197. The molecule has 0 aromatic rings. The second-order valence-electron chi connectivity index (χ2n) is 2.83. The van der Waals surface area contributed by atoms with Crippen LogP contribution in [0.5, 0.6) is 0 Å². The normalized spacial score (nSPS) is 24.4. The fourth-order valence-corrected chi connectivity index (χ4v) is 1.28. The van der Waals surface area contributed by atoms with Gasteiger partial charge < -0.3 is 11.1 Å². The van der Waals surface area contributed by atoms with E-state index in [0.29, 0.717) is 6.42 Å². The number of rotatable bonds is 2. The summed E-state index contributed by atoms with van der Waals surface area (Å²) < 4.78 is 0. The molecule has 62 valence electrons. The molecule has 1 rings (SSSR count). The van der Waals surface area contributed by atoms with Gasteiger partial charge in [0.25, 0.3) is 0 Å². The third-order valence-corrected chi connectivity index (χ3v) is 1.77. The largest absolute Gasteiger partial charge is 0.370 e. The maximum atomic E-state index is 10.8. The molecule has 0 spiro atoms. The highest BCUT2D eigenvalue weighted by Gasteiger charge is 2.19. The average Bonchev–Trinajstić information content (AvgIpc) is 1.85. The third kappa shape index (κ3) is 2.57. The molecule has 3 N–H and O–H groups in total. The Morgan fingerprint density at radius 1 is 1.73 bits per heavy atom. The van der Waals surface area contributed by atoms with Gasteiger partial charge >= 0.3 is 0 Å². The quantitative estimate of drug-likeness (QED) is 0.567. The van der Waals surface area contributed by atoms with E-state index in [-0.39, 0.29) is 24.3 Å². The molecule has 11 heavy (non-hydrogen) atoms. The van der Waals surface area contributed by atoms with Crippen LogP contribution in [0.2, 0.25) is 0 Å². The Morgan fingerprint density at radius 2 is 2.45 bits per heavy atom. The molecule has 0 aromatic heterocycles. The SMILES string of the molecule is NC(=O)CC1CCCC(=O)N1. The van der Waals surface area contributed by atoms with Gasteiger partial charge in [0, 0.05) is 18.9 Å². The van der Waals surface area contributed by atoms with E-state index >= 15 is 0 Å². The van der Waals surface area contributed by atoms with Gasteiger partial charge in [-0.25, -0.2) is 0 Å². The van der Waals surface area contributed by atoms with E-state index in [1.165, 1.54) is 0 Å². The Labute approximate surface area is 65.1 Å². The number of carbonyl (C=O) groups is 2. The molecule has 1 aliphatic heterocycles. The zero-order valence-electron chi connectivity index (χ0n) is 6.30. The van der Waals surface area contributed by atoms with E-state index in [2.05, 4.69) is 5.32 Å². The van der Waals surface area contributed by atoms with E-state index in [1.807, 2.05) is 0 Å². The number of carbonyl (C=O) groups excluding carboxylic acids is 2. The van der Waals surface area contributed by atoms with E-state index in [4.69, 9.17) is 5.73 Å².